The largest absolute Gasteiger partial charge is 0.390 e. The Morgan fingerprint density at radius 2 is 1.95 bits per heavy atom. The lowest BCUT2D eigenvalue weighted by atomic mass is 9.81. The van der Waals surface area contributed by atoms with Gasteiger partial charge < -0.3 is 5.11 Å². The van der Waals surface area contributed by atoms with E-state index in [1.54, 1.807) is 18.2 Å². The van der Waals surface area contributed by atoms with Crippen LogP contribution in [0, 0.1) is 17.8 Å². The van der Waals surface area contributed by atoms with E-state index in [2.05, 4.69) is 16.7 Å². The van der Waals surface area contributed by atoms with Crippen LogP contribution in [0.15, 0.2) is 18.2 Å². The average Bonchev–Trinajstić information content (AvgIpc) is 2.42. The number of aliphatic hydroxyl groups excluding tert-OH is 1. The molecule has 3 aliphatic rings. The van der Waals surface area contributed by atoms with Crippen LogP contribution in [0.25, 0.3) is 0 Å². The van der Waals surface area contributed by atoms with E-state index in [4.69, 9.17) is 23.2 Å². The minimum atomic E-state index is -0.340. The van der Waals surface area contributed by atoms with Crippen molar-refractivity contribution in [2.75, 3.05) is 13.1 Å². The molecule has 19 heavy (non-hydrogen) atoms. The Labute approximate surface area is 123 Å². The van der Waals surface area contributed by atoms with Crippen molar-refractivity contribution in [2.45, 2.75) is 25.0 Å². The van der Waals surface area contributed by atoms with E-state index in [1.165, 1.54) is 0 Å². The van der Waals surface area contributed by atoms with Gasteiger partial charge in [0.05, 0.1) is 17.2 Å². The van der Waals surface area contributed by atoms with E-state index in [-0.39, 0.29) is 12.1 Å². The number of aliphatic hydroxyl groups is 1. The van der Waals surface area contributed by atoms with Gasteiger partial charge in [-0.3, -0.25) is 4.90 Å². The first-order valence-corrected chi connectivity index (χ1v) is 7.29. The first kappa shape index (κ1) is 13.3. The van der Waals surface area contributed by atoms with Crippen molar-refractivity contribution in [3.8, 4) is 11.8 Å². The van der Waals surface area contributed by atoms with Gasteiger partial charge in [-0.2, -0.15) is 0 Å². The summed E-state index contributed by atoms with van der Waals surface area (Å²) in [5.74, 6) is 6.64. The summed E-state index contributed by atoms with van der Waals surface area (Å²) < 4.78 is 0. The number of nitrogens with zero attached hydrogens (tertiary/aromatic N) is 1. The number of benzene rings is 1. The highest BCUT2D eigenvalue weighted by molar-refractivity contribution is 6.33. The van der Waals surface area contributed by atoms with E-state index >= 15 is 0 Å². The fraction of sp³-hybridized carbons (Fsp3) is 0.467. The molecular formula is C15H15Cl2NO. The molecule has 2 atom stereocenters. The first-order valence-electron chi connectivity index (χ1n) is 6.54. The van der Waals surface area contributed by atoms with Crippen molar-refractivity contribution in [3.05, 3.63) is 33.8 Å². The zero-order valence-electron chi connectivity index (χ0n) is 10.4. The molecule has 100 valence electrons. The van der Waals surface area contributed by atoms with Crippen LogP contribution < -0.4 is 0 Å². The van der Waals surface area contributed by atoms with E-state index in [0.717, 1.165) is 31.5 Å². The molecule has 3 saturated heterocycles. The maximum atomic E-state index is 10.3. The van der Waals surface area contributed by atoms with Crippen molar-refractivity contribution in [1.29, 1.82) is 0 Å². The summed E-state index contributed by atoms with van der Waals surface area (Å²) >= 11 is 12.0. The van der Waals surface area contributed by atoms with Crippen LogP contribution in [-0.4, -0.2) is 35.2 Å². The van der Waals surface area contributed by atoms with Gasteiger partial charge in [-0.25, -0.2) is 0 Å². The molecule has 3 fully saturated rings. The molecule has 0 aromatic heterocycles. The molecule has 1 aromatic rings. The van der Waals surface area contributed by atoms with E-state index in [9.17, 15) is 5.11 Å². The number of piperidine rings is 3. The molecule has 4 rings (SSSR count). The molecule has 0 amide bonds. The molecule has 4 heteroatoms. The van der Waals surface area contributed by atoms with Crippen LogP contribution in [0.3, 0.4) is 0 Å². The Hall–Kier alpha value is -0.720. The SMILES string of the molecule is OC1C2CCN(CC2)C1C#Cc1cc(Cl)ccc1Cl. The quantitative estimate of drug-likeness (QED) is 0.744. The topological polar surface area (TPSA) is 23.5 Å². The monoisotopic (exact) mass is 295 g/mol. The zero-order chi connectivity index (χ0) is 13.4. The number of rotatable bonds is 0. The second kappa shape index (κ2) is 5.34. The highest BCUT2D eigenvalue weighted by Crippen LogP contribution is 2.32. The highest BCUT2D eigenvalue weighted by atomic mass is 35.5. The van der Waals surface area contributed by atoms with Gasteiger partial charge in [0.2, 0.25) is 0 Å². The van der Waals surface area contributed by atoms with Crippen LogP contribution in [-0.2, 0) is 0 Å². The molecule has 1 aromatic carbocycles. The molecule has 0 spiro atoms. The number of hydrogen-bond donors (Lipinski definition) is 1. The minimum absolute atomic E-state index is 0.0671. The van der Waals surface area contributed by atoms with E-state index in [0.29, 0.717) is 16.0 Å². The van der Waals surface area contributed by atoms with Crippen molar-refractivity contribution < 1.29 is 5.11 Å². The van der Waals surface area contributed by atoms with Crippen LogP contribution in [0.5, 0.6) is 0 Å². The lowest BCUT2D eigenvalue weighted by molar-refractivity contribution is -0.0500. The van der Waals surface area contributed by atoms with Gasteiger partial charge in [-0.15, -0.1) is 0 Å². The Kier molecular flexibility index (Phi) is 3.73. The van der Waals surface area contributed by atoms with Gasteiger partial charge in [0.25, 0.3) is 0 Å². The van der Waals surface area contributed by atoms with Crippen molar-refractivity contribution in [1.82, 2.24) is 4.90 Å². The van der Waals surface area contributed by atoms with Crippen molar-refractivity contribution in [3.63, 3.8) is 0 Å². The molecule has 2 nitrogen and oxygen atoms in total. The summed E-state index contributed by atoms with van der Waals surface area (Å²) in [4.78, 5) is 2.26. The number of halogens is 2. The lowest BCUT2D eigenvalue weighted by Crippen LogP contribution is -2.57. The Morgan fingerprint density at radius 1 is 1.21 bits per heavy atom. The Balaban J connectivity index is 1.85. The molecule has 2 bridgehead atoms. The summed E-state index contributed by atoms with van der Waals surface area (Å²) in [6, 6.07) is 5.19. The van der Waals surface area contributed by atoms with Crippen molar-refractivity contribution in [2.24, 2.45) is 5.92 Å². The number of fused-ring (bicyclic) bond motifs is 3. The van der Waals surface area contributed by atoms with Crippen LogP contribution in [0.2, 0.25) is 10.0 Å². The van der Waals surface area contributed by atoms with Gasteiger partial charge >= 0.3 is 0 Å². The van der Waals surface area contributed by atoms with E-state index in [1.807, 2.05) is 0 Å². The molecule has 2 unspecified atom stereocenters. The molecular weight excluding hydrogens is 281 g/mol. The number of hydrogen-bond acceptors (Lipinski definition) is 2. The maximum absolute atomic E-state index is 10.3. The summed E-state index contributed by atoms with van der Waals surface area (Å²) in [6.45, 7) is 2.06. The molecule has 0 radical (unpaired) electrons. The Morgan fingerprint density at radius 3 is 2.63 bits per heavy atom. The summed E-state index contributed by atoms with van der Waals surface area (Å²) in [5, 5.41) is 11.5. The minimum Gasteiger partial charge on any atom is -0.390 e. The van der Waals surface area contributed by atoms with Crippen LogP contribution >= 0.6 is 23.2 Å². The third-order valence-corrected chi connectivity index (χ3v) is 4.62. The van der Waals surface area contributed by atoms with Gasteiger partial charge in [0.15, 0.2) is 0 Å². The molecule has 3 aliphatic heterocycles. The normalized spacial score (nSPS) is 32.8. The third kappa shape index (κ3) is 2.61. The fourth-order valence-corrected chi connectivity index (χ4v) is 3.27. The Bertz CT molecular complexity index is 539. The molecule has 0 saturated carbocycles. The predicted molar refractivity (Wildman–Crippen MR) is 77.4 cm³/mol. The predicted octanol–water partition coefficient (Wildman–Crippen LogP) is 2.80. The summed E-state index contributed by atoms with van der Waals surface area (Å²) in [5.41, 5.74) is 0.726. The van der Waals surface area contributed by atoms with Gasteiger partial charge in [0.1, 0.15) is 0 Å². The second-order valence-corrected chi connectivity index (χ2v) is 6.05. The van der Waals surface area contributed by atoms with Gasteiger partial charge in [-0.1, -0.05) is 35.0 Å². The average molecular weight is 296 g/mol. The second-order valence-electron chi connectivity index (χ2n) is 5.20. The maximum Gasteiger partial charge on any atom is 0.0983 e. The van der Waals surface area contributed by atoms with Crippen LogP contribution in [0.4, 0.5) is 0 Å². The van der Waals surface area contributed by atoms with Crippen molar-refractivity contribution >= 4 is 23.2 Å². The molecule has 1 N–H and O–H groups in total. The summed E-state index contributed by atoms with van der Waals surface area (Å²) in [7, 11) is 0. The van der Waals surface area contributed by atoms with Gasteiger partial charge in [0, 0.05) is 10.6 Å². The molecule has 3 heterocycles. The lowest BCUT2D eigenvalue weighted by Gasteiger charge is -2.46. The zero-order valence-corrected chi connectivity index (χ0v) is 12.0. The first-order chi connectivity index (χ1) is 9.15. The standard InChI is InChI=1S/C15H15Cl2NO/c16-12-2-3-13(17)11(9-12)1-4-14-15(19)10-5-7-18(14)8-6-10/h2-3,9-10,14-15,19H,5-8H2. The fourth-order valence-electron chi connectivity index (χ4n) is 2.93. The smallest absolute Gasteiger partial charge is 0.0983 e. The van der Waals surface area contributed by atoms with E-state index < -0.39 is 0 Å². The van der Waals surface area contributed by atoms with Crippen LogP contribution in [0.1, 0.15) is 18.4 Å². The summed E-state index contributed by atoms with van der Waals surface area (Å²) in [6.07, 6.45) is 1.82. The highest BCUT2D eigenvalue weighted by Gasteiger charge is 2.40. The molecule has 0 aliphatic carbocycles. The third-order valence-electron chi connectivity index (χ3n) is 4.06. The van der Waals surface area contributed by atoms with Gasteiger partial charge in [-0.05, 0) is 50.0 Å².